The molecule has 90 valence electrons. The standard InChI is InChI=1S/C15H11ClFN/c16-14-6-3-5-11(9-14)13(10-18)8-12-4-1-2-7-15(12)17/h1-7,9,13H,8H2. The summed E-state index contributed by atoms with van der Waals surface area (Å²) in [6.07, 6.45) is 0.351. The summed E-state index contributed by atoms with van der Waals surface area (Å²) in [7, 11) is 0. The molecular weight excluding hydrogens is 249 g/mol. The maximum atomic E-state index is 13.5. The monoisotopic (exact) mass is 259 g/mol. The van der Waals surface area contributed by atoms with Crippen molar-refractivity contribution in [2.45, 2.75) is 12.3 Å². The van der Waals surface area contributed by atoms with Crippen LogP contribution in [0.15, 0.2) is 48.5 Å². The highest BCUT2D eigenvalue weighted by Gasteiger charge is 2.14. The number of hydrogen-bond donors (Lipinski definition) is 0. The van der Waals surface area contributed by atoms with Gasteiger partial charge in [-0.2, -0.15) is 5.26 Å². The van der Waals surface area contributed by atoms with E-state index >= 15 is 0 Å². The third-order valence-corrected chi connectivity index (χ3v) is 3.02. The van der Waals surface area contributed by atoms with E-state index in [1.807, 2.05) is 6.07 Å². The number of halogens is 2. The lowest BCUT2D eigenvalue weighted by Gasteiger charge is -2.10. The van der Waals surface area contributed by atoms with Gasteiger partial charge in [-0.05, 0) is 35.7 Å². The highest BCUT2D eigenvalue weighted by molar-refractivity contribution is 6.30. The lowest BCUT2D eigenvalue weighted by atomic mass is 9.93. The zero-order valence-corrected chi connectivity index (χ0v) is 10.4. The van der Waals surface area contributed by atoms with Crippen molar-refractivity contribution in [1.82, 2.24) is 0 Å². The van der Waals surface area contributed by atoms with E-state index in [0.29, 0.717) is 17.0 Å². The third-order valence-electron chi connectivity index (χ3n) is 2.79. The summed E-state index contributed by atoms with van der Waals surface area (Å²) in [6, 6.07) is 15.8. The molecule has 0 spiro atoms. The minimum atomic E-state index is -0.388. The normalized spacial score (nSPS) is 11.8. The molecule has 0 saturated heterocycles. The van der Waals surface area contributed by atoms with Gasteiger partial charge >= 0.3 is 0 Å². The van der Waals surface area contributed by atoms with Crippen LogP contribution in [0.4, 0.5) is 4.39 Å². The van der Waals surface area contributed by atoms with Crippen LogP contribution in [0.3, 0.4) is 0 Å². The molecule has 2 aromatic rings. The molecule has 2 aromatic carbocycles. The van der Waals surface area contributed by atoms with Crippen LogP contribution in [0.2, 0.25) is 5.02 Å². The summed E-state index contributed by atoms with van der Waals surface area (Å²) in [6.45, 7) is 0. The number of nitriles is 1. The topological polar surface area (TPSA) is 23.8 Å². The second-order valence-corrected chi connectivity index (χ2v) is 4.47. The average Bonchev–Trinajstić information content (AvgIpc) is 2.38. The molecule has 0 aliphatic rings. The molecule has 2 rings (SSSR count). The first kappa shape index (κ1) is 12.6. The Kier molecular flexibility index (Phi) is 3.96. The van der Waals surface area contributed by atoms with E-state index in [1.54, 1.807) is 36.4 Å². The predicted octanol–water partition coefficient (Wildman–Crippen LogP) is 4.33. The van der Waals surface area contributed by atoms with E-state index in [-0.39, 0.29) is 11.7 Å². The van der Waals surface area contributed by atoms with E-state index in [2.05, 4.69) is 6.07 Å². The Balaban J connectivity index is 2.26. The molecule has 0 heterocycles. The van der Waals surface area contributed by atoms with Gasteiger partial charge in [0.2, 0.25) is 0 Å². The second kappa shape index (κ2) is 5.66. The van der Waals surface area contributed by atoms with Crippen molar-refractivity contribution in [3.05, 3.63) is 70.5 Å². The maximum Gasteiger partial charge on any atom is 0.126 e. The molecule has 3 heteroatoms. The first-order valence-electron chi connectivity index (χ1n) is 5.59. The first-order valence-corrected chi connectivity index (χ1v) is 5.97. The fourth-order valence-electron chi connectivity index (χ4n) is 1.85. The Morgan fingerprint density at radius 1 is 1.17 bits per heavy atom. The van der Waals surface area contributed by atoms with Gasteiger partial charge in [0, 0.05) is 5.02 Å². The van der Waals surface area contributed by atoms with Gasteiger partial charge in [0.15, 0.2) is 0 Å². The van der Waals surface area contributed by atoms with Gasteiger partial charge in [-0.15, -0.1) is 0 Å². The number of hydrogen-bond acceptors (Lipinski definition) is 1. The minimum Gasteiger partial charge on any atom is -0.207 e. The number of nitrogens with zero attached hydrogens (tertiary/aromatic N) is 1. The summed E-state index contributed by atoms with van der Waals surface area (Å²) in [5.41, 5.74) is 1.36. The molecule has 0 aromatic heterocycles. The Morgan fingerprint density at radius 3 is 2.61 bits per heavy atom. The molecule has 1 atom stereocenters. The van der Waals surface area contributed by atoms with Crippen LogP contribution >= 0.6 is 11.6 Å². The summed E-state index contributed by atoms with van der Waals surface area (Å²) in [4.78, 5) is 0. The van der Waals surface area contributed by atoms with E-state index < -0.39 is 0 Å². The van der Waals surface area contributed by atoms with Gasteiger partial charge in [0.25, 0.3) is 0 Å². The second-order valence-electron chi connectivity index (χ2n) is 4.03. The predicted molar refractivity (Wildman–Crippen MR) is 69.9 cm³/mol. The molecule has 0 amide bonds. The van der Waals surface area contributed by atoms with Crippen LogP contribution in [0.1, 0.15) is 17.0 Å². The molecule has 0 aliphatic carbocycles. The van der Waals surface area contributed by atoms with Gasteiger partial charge in [-0.1, -0.05) is 41.9 Å². The maximum absolute atomic E-state index is 13.5. The highest BCUT2D eigenvalue weighted by Crippen LogP contribution is 2.24. The molecule has 1 unspecified atom stereocenters. The van der Waals surface area contributed by atoms with Crippen molar-refractivity contribution in [2.75, 3.05) is 0 Å². The Hall–Kier alpha value is -1.85. The third kappa shape index (κ3) is 2.88. The van der Waals surface area contributed by atoms with Crippen molar-refractivity contribution in [3.63, 3.8) is 0 Å². The number of benzene rings is 2. The molecule has 0 fully saturated rings. The van der Waals surface area contributed by atoms with Crippen molar-refractivity contribution < 1.29 is 4.39 Å². The fraction of sp³-hybridized carbons (Fsp3) is 0.133. The van der Waals surface area contributed by atoms with Gasteiger partial charge in [-0.3, -0.25) is 0 Å². The van der Waals surface area contributed by atoms with Gasteiger partial charge in [0.1, 0.15) is 5.82 Å². The molecule has 1 nitrogen and oxygen atoms in total. The van der Waals surface area contributed by atoms with E-state index in [4.69, 9.17) is 11.6 Å². The van der Waals surface area contributed by atoms with E-state index in [0.717, 1.165) is 5.56 Å². The van der Waals surface area contributed by atoms with Gasteiger partial charge < -0.3 is 0 Å². The van der Waals surface area contributed by atoms with Gasteiger partial charge in [0.05, 0.1) is 12.0 Å². The zero-order valence-electron chi connectivity index (χ0n) is 9.61. The van der Waals surface area contributed by atoms with Crippen LogP contribution in [0.25, 0.3) is 0 Å². The summed E-state index contributed by atoms with van der Waals surface area (Å²) in [5, 5.41) is 9.79. The molecule has 0 radical (unpaired) electrons. The van der Waals surface area contributed by atoms with Crippen molar-refractivity contribution in [1.29, 1.82) is 5.26 Å². The number of rotatable bonds is 3. The lowest BCUT2D eigenvalue weighted by molar-refractivity contribution is 0.604. The SMILES string of the molecule is N#CC(Cc1ccccc1F)c1cccc(Cl)c1. The van der Waals surface area contributed by atoms with E-state index in [1.165, 1.54) is 6.07 Å². The van der Waals surface area contributed by atoms with Crippen LogP contribution in [0.5, 0.6) is 0 Å². The minimum absolute atomic E-state index is 0.278. The first-order chi connectivity index (χ1) is 8.70. The quantitative estimate of drug-likeness (QED) is 0.805. The largest absolute Gasteiger partial charge is 0.207 e. The van der Waals surface area contributed by atoms with Crippen LogP contribution in [-0.2, 0) is 6.42 Å². The highest BCUT2D eigenvalue weighted by atomic mass is 35.5. The van der Waals surface area contributed by atoms with Crippen LogP contribution < -0.4 is 0 Å². The van der Waals surface area contributed by atoms with Crippen LogP contribution in [-0.4, -0.2) is 0 Å². The zero-order chi connectivity index (χ0) is 13.0. The average molecular weight is 260 g/mol. The summed E-state index contributed by atoms with van der Waals surface area (Å²) < 4.78 is 13.5. The molecule has 0 saturated carbocycles. The van der Waals surface area contributed by atoms with E-state index in [9.17, 15) is 9.65 Å². The molecule has 0 aliphatic heterocycles. The Bertz CT molecular complexity index is 589. The summed E-state index contributed by atoms with van der Waals surface area (Å²) in [5.74, 6) is -0.666. The summed E-state index contributed by atoms with van der Waals surface area (Å²) >= 11 is 5.90. The fourth-order valence-corrected chi connectivity index (χ4v) is 2.04. The molecule has 0 bridgehead atoms. The van der Waals surface area contributed by atoms with Crippen LogP contribution in [0, 0.1) is 17.1 Å². The van der Waals surface area contributed by atoms with Gasteiger partial charge in [-0.25, -0.2) is 4.39 Å². The lowest BCUT2D eigenvalue weighted by Crippen LogP contribution is -2.02. The molecular formula is C15H11ClFN. The van der Waals surface area contributed by atoms with Crippen molar-refractivity contribution in [2.24, 2.45) is 0 Å². The molecule has 18 heavy (non-hydrogen) atoms. The molecule has 0 N–H and O–H groups in total. The Morgan fingerprint density at radius 2 is 1.94 bits per heavy atom. The Labute approximate surface area is 110 Å². The van der Waals surface area contributed by atoms with Crippen molar-refractivity contribution >= 4 is 11.6 Å². The smallest absolute Gasteiger partial charge is 0.126 e. The van der Waals surface area contributed by atoms with Crippen molar-refractivity contribution in [3.8, 4) is 6.07 Å².